The van der Waals surface area contributed by atoms with Crippen molar-refractivity contribution >= 4 is 17.5 Å². The molecule has 0 saturated heterocycles. The molecule has 6 heteroatoms. The molecule has 218 valence electrons. The quantitative estimate of drug-likeness (QED) is 0.340. The number of rotatable bonds is 5. The van der Waals surface area contributed by atoms with E-state index in [4.69, 9.17) is 4.74 Å². The Labute approximate surface area is 249 Å². The Balaban J connectivity index is 1.35. The first-order valence-corrected chi connectivity index (χ1v) is 15.5. The van der Waals surface area contributed by atoms with Crippen LogP contribution in [0.25, 0.3) is 0 Å². The number of anilines is 1. The van der Waals surface area contributed by atoms with Crippen LogP contribution >= 0.6 is 0 Å². The highest BCUT2D eigenvalue weighted by atomic mass is 16.5. The molecule has 1 saturated carbocycles. The second-order valence-corrected chi connectivity index (χ2v) is 11.8. The Morgan fingerprint density at radius 3 is 2.31 bits per heavy atom. The summed E-state index contributed by atoms with van der Waals surface area (Å²) in [4.78, 5) is 28.7. The minimum Gasteiger partial charge on any atom is -0.489 e. The first kappa shape index (κ1) is 28.1. The molecule has 3 aromatic rings. The lowest BCUT2D eigenvalue weighted by molar-refractivity contribution is -0.119. The van der Waals surface area contributed by atoms with Gasteiger partial charge in [-0.3, -0.25) is 9.59 Å². The summed E-state index contributed by atoms with van der Waals surface area (Å²) in [5.41, 5.74) is 5.22. The van der Waals surface area contributed by atoms with Crippen LogP contribution in [-0.4, -0.2) is 31.4 Å². The molecule has 0 aromatic heterocycles. The first-order valence-electron chi connectivity index (χ1n) is 15.5. The molecule has 6 rings (SSSR count). The molecule has 2 heterocycles. The highest BCUT2D eigenvalue weighted by molar-refractivity contribution is 5.96. The first-order chi connectivity index (χ1) is 20.7. The van der Waals surface area contributed by atoms with Gasteiger partial charge in [-0.25, -0.2) is 0 Å². The number of fused-ring (bicyclic) bond motifs is 1. The average molecular weight is 564 g/mol. The molecule has 2 N–H and O–H groups in total. The van der Waals surface area contributed by atoms with Gasteiger partial charge in [-0.05, 0) is 72.6 Å². The minimum absolute atomic E-state index is 0.00548. The summed E-state index contributed by atoms with van der Waals surface area (Å²) in [5, 5.41) is 6.20. The number of nitrogens with one attached hydrogen (secondary N) is 2. The molecule has 1 fully saturated rings. The molecule has 0 radical (unpaired) electrons. The molecule has 6 nitrogen and oxygen atoms in total. The Kier molecular flexibility index (Phi) is 8.88. The largest absolute Gasteiger partial charge is 0.489 e. The molecule has 2 atom stereocenters. The van der Waals surface area contributed by atoms with E-state index >= 15 is 0 Å². The molecule has 1 aliphatic carbocycles. The number of hydrogen-bond acceptors (Lipinski definition) is 4. The van der Waals surface area contributed by atoms with Gasteiger partial charge in [0.25, 0.3) is 5.91 Å². The molecule has 3 aliphatic rings. The lowest BCUT2D eigenvalue weighted by Crippen LogP contribution is -2.39. The summed E-state index contributed by atoms with van der Waals surface area (Å²) in [7, 11) is 0. The average Bonchev–Trinajstić information content (AvgIpc) is 3.35. The highest BCUT2D eigenvalue weighted by Crippen LogP contribution is 2.55. The van der Waals surface area contributed by atoms with Gasteiger partial charge in [0.2, 0.25) is 5.91 Å². The predicted molar refractivity (Wildman–Crippen MR) is 167 cm³/mol. The van der Waals surface area contributed by atoms with E-state index in [-0.39, 0.29) is 30.3 Å². The van der Waals surface area contributed by atoms with Crippen molar-refractivity contribution in [2.45, 2.75) is 63.5 Å². The number of amides is 2. The molecular formula is C36H41N3O3. The van der Waals surface area contributed by atoms with Crippen LogP contribution in [0.5, 0.6) is 5.75 Å². The van der Waals surface area contributed by atoms with Gasteiger partial charge in [0.15, 0.2) is 0 Å². The fourth-order valence-electron chi connectivity index (χ4n) is 6.92. The fraction of sp³-hybridized carbons (Fsp3) is 0.389. The molecule has 0 spiro atoms. The van der Waals surface area contributed by atoms with E-state index in [0.717, 1.165) is 29.8 Å². The summed E-state index contributed by atoms with van der Waals surface area (Å²) in [6, 6.07) is 24.8. The molecule has 2 aliphatic heterocycles. The summed E-state index contributed by atoms with van der Waals surface area (Å²) in [6.07, 6.45) is 11.8. The van der Waals surface area contributed by atoms with E-state index in [0.29, 0.717) is 31.2 Å². The van der Waals surface area contributed by atoms with Crippen molar-refractivity contribution in [3.8, 4) is 5.75 Å². The summed E-state index contributed by atoms with van der Waals surface area (Å²) in [6.45, 7) is 1.97. The Bertz CT molecular complexity index is 1400. The van der Waals surface area contributed by atoms with Crippen molar-refractivity contribution in [3.05, 3.63) is 107 Å². The van der Waals surface area contributed by atoms with Gasteiger partial charge in [-0.2, -0.15) is 0 Å². The Morgan fingerprint density at radius 1 is 0.810 bits per heavy atom. The molecule has 2 unspecified atom stereocenters. The fourth-order valence-corrected chi connectivity index (χ4v) is 6.92. The van der Waals surface area contributed by atoms with Crippen LogP contribution < -0.4 is 20.3 Å². The Morgan fingerprint density at radius 2 is 1.55 bits per heavy atom. The molecule has 42 heavy (non-hydrogen) atoms. The molecule has 2 bridgehead atoms. The van der Waals surface area contributed by atoms with E-state index < -0.39 is 0 Å². The van der Waals surface area contributed by atoms with E-state index in [1.165, 1.54) is 43.2 Å². The van der Waals surface area contributed by atoms with Gasteiger partial charge in [-0.15, -0.1) is 0 Å². The van der Waals surface area contributed by atoms with Gasteiger partial charge >= 0.3 is 0 Å². The topological polar surface area (TPSA) is 70.7 Å². The molecule has 3 aromatic carbocycles. The number of ether oxygens (including phenoxy) is 1. The summed E-state index contributed by atoms with van der Waals surface area (Å²) < 4.78 is 6.10. The zero-order chi connectivity index (χ0) is 28.7. The van der Waals surface area contributed by atoms with E-state index in [2.05, 4.69) is 70.2 Å². The maximum absolute atomic E-state index is 13.3. The maximum Gasteiger partial charge on any atom is 0.251 e. The highest BCUT2D eigenvalue weighted by Gasteiger charge is 2.44. The summed E-state index contributed by atoms with van der Waals surface area (Å²) in [5.74, 6) is 1.55. The SMILES string of the molecule is O=C1CN2c3cc(ccc3C(C3CCCCC3)C2c2ccc(OCc3ccccc3)cc2)C(=O)NCC/C=C\CCN1. The number of nitrogens with zero attached hydrogens (tertiary/aromatic N) is 1. The van der Waals surface area contributed by atoms with Gasteiger partial charge in [0.05, 0.1) is 12.6 Å². The van der Waals surface area contributed by atoms with Gasteiger partial charge in [0.1, 0.15) is 12.4 Å². The maximum atomic E-state index is 13.3. The minimum atomic E-state index is -0.0666. The van der Waals surface area contributed by atoms with E-state index in [9.17, 15) is 9.59 Å². The second-order valence-electron chi connectivity index (χ2n) is 11.8. The van der Waals surface area contributed by atoms with Crippen LogP contribution in [0.2, 0.25) is 0 Å². The van der Waals surface area contributed by atoms with Gasteiger partial charge in [-0.1, -0.05) is 79.9 Å². The van der Waals surface area contributed by atoms with Crippen molar-refractivity contribution in [1.29, 1.82) is 0 Å². The normalized spacial score (nSPS) is 22.4. The third kappa shape index (κ3) is 6.38. The smallest absolute Gasteiger partial charge is 0.251 e. The third-order valence-electron chi connectivity index (χ3n) is 8.98. The zero-order valence-electron chi connectivity index (χ0n) is 24.3. The lowest BCUT2D eigenvalue weighted by Gasteiger charge is -2.36. The van der Waals surface area contributed by atoms with Crippen molar-refractivity contribution < 1.29 is 14.3 Å². The van der Waals surface area contributed by atoms with Crippen LogP contribution in [0.3, 0.4) is 0 Å². The number of hydrogen-bond donors (Lipinski definition) is 2. The van der Waals surface area contributed by atoms with Gasteiger partial charge < -0.3 is 20.3 Å². The zero-order valence-corrected chi connectivity index (χ0v) is 24.3. The van der Waals surface area contributed by atoms with Crippen LogP contribution in [0.1, 0.15) is 84.0 Å². The van der Waals surface area contributed by atoms with Crippen LogP contribution in [0.4, 0.5) is 5.69 Å². The summed E-state index contributed by atoms with van der Waals surface area (Å²) >= 11 is 0. The van der Waals surface area contributed by atoms with Crippen LogP contribution in [0.15, 0.2) is 84.9 Å². The monoisotopic (exact) mass is 563 g/mol. The Hall–Kier alpha value is -4.06. The van der Waals surface area contributed by atoms with Crippen LogP contribution in [-0.2, 0) is 11.4 Å². The predicted octanol–water partition coefficient (Wildman–Crippen LogP) is 6.69. The number of carbonyl (C=O) groups excluding carboxylic acids is 2. The molecule has 2 amide bonds. The van der Waals surface area contributed by atoms with E-state index in [1.807, 2.05) is 30.3 Å². The van der Waals surface area contributed by atoms with Crippen molar-refractivity contribution in [1.82, 2.24) is 10.6 Å². The van der Waals surface area contributed by atoms with Crippen molar-refractivity contribution in [2.24, 2.45) is 5.92 Å². The van der Waals surface area contributed by atoms with Crippen molar-refractivity contribution in [3.63, 3.8) is 0 Å². The number of carbonyl (C=O) groups is 2. The standard InChI is InChI=1S/C36H41N3O3/c40-33-24-39-32-23-29(36(41)38-22-10-2-1-9-21-37-33)17-20-31(32)34(27-13-7-4-8-14-27)35(39)28-15-18-30(19-16-28)42-25-26-11-5-3-6-12-26/h1-3,5-6,11-12,15-20,23,27,34-35H,4,7-10,13-14,21-22,24-25H2,(H,37,40)(H,38,41)/b2-1-. The van der Waals surface area contributed by atoms with E-state index in [1.54, 1.807) is 0 Å². The third-order valence-corrected chi connectivity index (χ3v) is 8.98. The van der Waals surface area contributed by atoms with Gasteiger partial charge in [0, 0.05) is 30.3 Å². The van der Waals surface area contributed by atoms with Crippen molar-refractivity contribution in [2.75, 3.05) is 24.5 Å². The lowest BCUT2D eigenvalue weighted by atomic mass is 9.73. The molecular weight excluding hydrogens is 522 g/mol. The van der Waals surface area contributed by atoms with Crippen LogP contribution in [0, 0.1) is 5.92 Å². The second kappa shape index (κ2) is 13.3. The number of benzene rings is 3.